The highest BCUT2D eigenvalue weighted by Gasteiger charge is 2.25. The van der Waals surface area contributed by atoms with E-state index in [-0.39, 0.29) is 44.0 Å². The summed E-state index contributed by atoms with van der Waals surface area (Å²) >= 11 is 0.986. The topological polar surface area (TPSA) is 188 Å². The molecule has 0 saturated carbocycles. The smallest absolute Gasteiger partial charge is 0.263 e. The molecule has 4 N–H and O–H groups in total. The zero-order valence-electron chi connectivity index (χ0n) is 19.7. The van der Waals surface area contributed by atoms with E-state index in [1.54, 1.807) is 31.2 Å². The maximum absolute atomic E-state index is 12.9. The molecule has 4 aromatic rings. The van der Waals surface area contributed by atoms with Crippen LogP contribution in [0.4, 0.5) is 17.3 Å². The molecule has 3 aromatic heterocycles. The van der Waals surface area contributed by atoms with Crippen LogP contribution in [0.5, 0.6) is 0 Å². The van der Waals surface area contributed by atoms with Gasteiger partial charge in [-0.2, -0.15) is 10.5 Å². The van der Waals surface area contributed by atoms with Gasteiger partial charge in [-0.25, -0.2) is 18.4 Å². The van der Waals surface area contributed by atoms with E-state index in [2.05, 4.69) is 20.0 Å². The molecular weight excluding hydrogens is 526 g/mol. The molecule has 0 saturated heterocycles. The number of hydrogen-bond donors (Lipinski definition) is 3. The number of amides is 1. The number of anilines is 3. The van der Waals surface area contributed by atoms with Gasteiger partial charge in [0, 0.05) is 11.9 Å². The van der Waals surface area contributed by atoms with Crippen LogP contribution < -0.4 is 15.8 Å². The van der Waals surface area contributed by atoms with E-state index in [0.717, 1.165) is 11.8 Å². The maximum atomic E-state index is 12.9. The number of carbonyl (C=O) groups excluding carboxylic acids is 1. The van der Waals surface area contributed by atoms with E-state index in [4.69, 9.17) is 10.2 Å². The van der Waals surface area contributed by atoms with E-state index < -0.39 is 21.2 Å². The molecule has 0 aliphatic rings. The number of sulfonamides is 1. The van der Waals surface area contributed by atoms with Crippen LogP contribution in [0.15, 0.2) is 81.4 Å². The second-order valence-electron chi connectivity index (χ2n) is 7.72. The number of nitrogens with zero attached hydrogens (tertiary/aromatic N) is 4. The number of nitrogen functional groups attached to an aromatic ring is 1. The summed E-state index contributed by atoms with van der Waals surface area (Å²) in [7, 11) is -3.87. The van der Waals surface area contributed by atoms with Crippen molar-refractivity contribution in [2.45, 2.75) is 22.1 Å². The number of pyridine rings is 2. The van der Waals surface area contributed by atoms with E-state index in [1.807, 2.05) is 12.1 Å². The second-order valence-corrected chi connectivity index (χ2v) is 10.7. The molecule has 38 heavy (non-hydrogen) atoms. The number of aromatic nitrogens is 2. The van der Waals surface area contributed by atoms with Gasteiger partial charge in [-0.15, -0.1) is 0 Å². The van der Waals surface area contributed by atoms with Gasteiger partial charge in [0.05, 0.1) is 27.5 Å². The fourth-order valence-corrected chi connectivity index (χ4v) is 5.28. The van der Waals surface area contributed by atoms with Crippen molar-refractivity contribution in [3.63, 3.8) is 0 Å². The first-order chi connectivity index (χ1) is 18.2. The van der Waals surface area contributed by atoms with Crippen molar-refractivity contribution < 1.29 is 17.6 Å². The van der Waals surface area contributed by atoms with E-state index in [9.17, 15) is 23.7 Å². The largest absolute Gasteiger partial charge is 0.464 e. The van der Waals surface area contributed by atoms with Crippen molar-refractivity contribution in [1.29, 1.82) is 10.5 Å². The summed E-state index contributed by atoms with van der Waals surface area (Å²) < 4.78 is 32.9. The Morgan fingerprint density at radius 1 is 1.08 bits per heavy atom. The molecule has 0 aliphatic carbocycles. The van der Waals surface area contributed by atoms with Gasteiger partial charge in [0.15, 0.2) is 0 Å². The Morgan fingerprint density at radius 3 is 2.42 bits per heavy atom. The average Bonchev–Trinajstić information content (AvgIpc) is 3.43. The van der Waals surface area contributed by atoms with E-state index in [1.165, 1.54) is 42.8 Å². The number of hydrogen-bond acceptors (Lipinski definition) is 10. The third-order valence-electron chi connectivity index (χ3n) is 5.18. The zero-order chi connectivity index (χ0) is 27.3. The summed E-state index contributed by atoms with van der Waals surface area (Å²) in [5.41, 5.74) is 6.62. The van der Waals surface area contributed by atoms with Crippen LogP contribution in [0, 0.1) is 22.7 Å². The normalized spacial score (nSPS) is 11.7. The van der Waals surface area contributed by atoms with Crippen LogP contribution in [0.3, 0.4) is 0 Å². The minimum absolute atomic E-state index is 0.00512. The highest BCUT2D eigenvalue weighted by atomic mass is 32.2. The van der Waals surface area contributed by atoms with Gasteiger partial charge >= 0.3 is 0 Å². The van der Waals surface area contributed by atoms with Crippen LogP contribution in [-0.4, -0.2) is 29.5 Å². The molecule has 0 fully saturated rings. The molecule has 4 rings (SSSR count). The van der Waals surface area contributed by atoms with Gasteiger partial charge in [0.1, 0.15) is 40.1 Å². The van der Waals surface area contributed by atoms with Crippen LogP contribution >= 0.6 is 11.8 Å². The Hall–Kier alpha value is -4.85. The molecule has 0 spiro atoms. The number of benzene rings is 1. The number of carbonyl (C=O) groups is 1. The Morgan fingerprint density at radius 2 is 1.82 bits per heavy atom. The van der Waals surface area contributed by atoms with Gasteiger partial charge in [-0.3, -0.25) is 9.52 Å². The standard InChI is InChI=1S/C25H19N7O4S2/c1-15(37-25-19(14-27)22(20-5-4-12-36-20)18(13-26)23(28)31-25)24(33)30-16-7-9-17(10-8-16)38(34,35)32-21-6-2-3-11-29-21/h2-12,15H,1H3,(H2,28,31)(H,29,32)(H,30,33). The fourth-order valence-electron chi connectivity index (χ4n) is 3.35. The number of nitriles is 2. The predicted molar refractivity (Wildman–Crippen MR) is 141 cm³/mol. The van der Waals surface area contributed by atoms with Crippen molar-refractivity contribution in [2.75, 3.05) is 15.8 Å². The van der Waals surface area contributed by atoms with Gasteiger partial charge in [0.2, 0.25) is 5.91 Å². The molecular formula is C25H19N7O4S2. The molecule has 1 amide bonds. The summed E-state index contributed by atoms with van der Waals surface area (Å²) in [6, 6.07) is 17.7. The Balaban J connectivity index is 1.50. The minimum Gasteiger partial charge on any atom is -0.464 e. The number of thioether (sulfide) groups is 1. The molecule has 11 nitrogen and oxygen atoms in total. The summed E-state index contributed by atoms with van der Waals surface area (Å²) in [6.45, 7) is 1.61. The third kappa shape index (κ3) is 5.59. The number of nitrogens with one attached hydrogen (secondary N) is 2. The number of rotatable bonds is 8. The molecule has 1 aromatic carbocycles. The first-order valence-electron chi connectivity index (χ1n) is 10.9. The zero-order valence-corrected chi connectivity index (χ0v) is 21.4. The summed E-state index contributed by atoms with van der Waals surface area (Å²) in [4.78, 5) is 21.0. The van der Waals surface area contributed by atoms with Crippen LogP contribution in [-0.2, 0) is 14.8 Å². The van der Waals surface area contributed by atoms with Crippen LogP contribution in [0.1, 0.15) is 18.1 Å². The molecule has 1 atom stereocenters. The van der Waals surface area contributed by atoms with E-state index in [0.29, 0.717) is 5.69 Å². The summed E-state index contributed by atoms with van der Waals surface area (Å²) in [5.74, 6) is -0.0621. The summed E-state index contributed by atoms with van der Waals surface area (Å²) in [6.07, 6.45) is 2.87. The Labute approximate surface area is 222 Å². The minimum atomic E-state index is -3.87. The lowest BCUT2D eigenvalue weighted by Crippen LogP contribution is -2.23. The van der Waals surface area contributed by atoms with Gasteiger partial charge in [-0.1, -0.05) is 17.8 Å². The molecule has 3 heterocycles. The lowest BCUT2D eigenvalue weighted by atomic mass is 10.0. The summed E-state index contributed by atoms with van der Waals surface area (Å²) in [5, 5.41) is 21.5. The lowest BCUT2D eigenvalue weighted by molar-refractivity contribution is -0.115. The maximum Gasteiger partial charge on any atom is 0.263 e. The monoisotopic (exact) mass is 545 g/mol. The van der Waals surface area contributed by atoms with Crippen molar-refractivity contribution in [3.05, 3.63) is 78.2 Å². The molecule has 0 aliphatic heterocycles. The molecule has 1 unspecified atom stereocenters. The SMILES string of the molecule is CC(Sc1nc(N)c(C#N)c(-c2ccco2)c1C#N)C(=O)Nc1ccc(S(=O)(=O)Nc2ccccn2)cc1. The van der Waals surface area contributed by atoms with Crippen molar-refractivity contribution in [3.8, 4) is 23.5 Å². The molecule has 0 radical (unpaired) electrons. The number of furan rings is 1. The number of nitrogens with two attached hydrogens (primary N) is 1. The van der Waals surface area contributed by atoms with Crippen molar-refractivity contribution in [1.82, 2.24) is 9.97 Å². The molecule has 13 heteroatoms. The quantitative estimate of drug-likeness (QED) is 0.273. The van der Waals surface area contributed by atoms with Gasteiger partial charge < -0.3 is 15.5 Å². The van der Waals surface area contributed by atoms with Crippen molar-refractivity contribution in [2.24, 2.45) is 0 Å². The first kappa shape index (κ1) is 26.2. The highest BCUT2D eigenvalue weighted by molar-refractivity contribution is 8.00. The van der Waals surface area contributed by atoms with Crippen molar-refractivity contribution >= 4 is 45.0 Å². The third-order valence-corrected chi connectivity index (χ3v) is 7.63. The Kier molecular flexibility index (Phi) is 7.62. The predicted octanol–water partition coefficient (Wildman–Crippen LogP) is 3.98. The average molecular weight is 546 g/mol. The molecule has 0 bridgehead atoms. The molecule has 190 valence electrons. The second kappa shape index (κ2) is 11.0. The lowest BCUT2D eigenvalue weighted by Gasteiger charge is -2.15. The van der Waals surface area contributed by atoms with Crippen LogP contribution in [0.25, 0.3) is 11.3 Å². The Bertz CT molecular complexity index is 1660. The van der Waals surface area contributed by atoms with E-state index >= 15 is 0 Å². The van der Waals surface area contributed by atoms with Gasteiger partial charge in [0.25, 0.3) is 10.0 Å². The van der Waals surface area contributed by atoms with Gasteiger partial charge in [-0.05, 0) is 55.5 Å². The highest BCUT2D eigenvalue weighted by Crippen LogP contribution is 2.37. The van der Waals surface area contributed by atoms with Crippen LogP contribution in [0.2, 0.25) is 0 Å². The fraction of sp³-hybridized carbons (Fsp3) is 0.0800. The first-order valence-corrected chi connectivity index (χ1v) is 13.3.